The number of hydrogen-bond donors (Lipinski definition) is 1. The van der Waals surface area contributed by atoms with E-state index in [1.807, 2.05) is 11.8 Å². The van der Waals surface area contributed by atoms with E-state index in [0.29, 0.717) is 11.7 Å². The van der Waals surface area contributed by atoms with E-state index in [0.717, 1.165) is 12.2 Å². The van der Waals surface area contributed by atoms with Crippen LogP contribution in [0.1, 0.15) is 22.7 Å². The average molecular weight is 224 g/mol. The van der Waals surface area contributed by atoms with Crippen LogP contribution in [-0.2, 0) is 6.42 Å². The summed E-state index contributed by atoms with van der Waals surface area (Å²) < 4.78 is 0. The molecule has 1 unspecified atom stereocenters. The van der Waals surface area contributed by atoms with Crippen molar-refractivity contribution >= 4 is 17.7 Å². The molecule has 0 bridgehead atoms. The number of aromatic carboxylic acids is 1. The number of thioether (sulfide) groups is 1. The summed E-state index contributed by atoms with van der Waals surface area (Å²) in [6, 6.07) is 1.43. The molecule has 5 heteroatoms. The molecule has 0 aromatic carbocycles. The summed E-state index contributed by atoms with van der Waals surface area (Å²) in [4.78, 5) is 18.8. The van der Waals surface area contributed by atoms with Gasteiger partial charge in [-0.15, -0.1) is 0 Å². The molecule has 0 amide bonds. The van der Waals surface area contributed by atoms with Crippen LogP contribution in [0.3, 0.4) is 0 Å². The Morgan fingerprint density at radius 2 is 2.53 bits per heavy atom. The lowest BCUT2D eigenvalue weighted by Gasteiger charge is -2.06. The maximum absolute atomic E-state index is 10.7. The SMILES string of the molecule is O=C(O)c1ccnc(CC2CCSC2)n1. The third-order valence-corrected chi connectivity index (χ3v) is 3.65. The number of rotatable bonds is 3. The molecule has 1 saturated heterocycles. The van der Waals surface area contributed by atoms with Crippen LogP contribution in [0, 0.1) is 5.92 Å². The third kappa shape index (κ3) is 2.68. The van der Waals surface area contributed by atoms with Gasteiger partial charge in [-0.25, -0.2) is 14.8 Å². The van der Waals surface area contributed by atoms with Gasteiger partial charge in [0.2, 0.25) is 0 Å². The molecule has 1 fully saturated rings. The Morgan fingerprint density at radius 3 is 3.20 bits per heavy atom. The molecule has 0 saturated carbocycles. The van der Waals surface area contributed by atoms with Crippen molar-refractivity contribution in [2.45, 2.75) is 12.8 Å². The fraction of sp³-hybridized carbons (Fsp3) is 0.500. The van der Waals surface area contributed by atoms with Crippen molar-refractivity contribution in [1.29, 1.82) is 0 Å². The van der Waals surface area contributed by atoms with Crippen molar-refractivity contribution in [2.24, 2.45) is 5.92 Å². The van der Waals surface area contributed by atoms with Crippen LogP contribution in [-0.4, -0.2) is 32.5 Å². The van der Waals surface area contributed by atoms with Crippen molar-refractivity contribution in [3.63, 3.8) is 0 Å². The molecular weight excluding hydrogens is 212 g/mol. The highest BCUT2D eigenvalue weighted by Gasteiger charge is 2.17. The number of carboxylic acid groups (broad SMARTS) is 1. The zero-order valence-electron chi connectivity index (χ0n) is 8.22. The first kappa shape index (κ1) is 10.4. The first-order valence-electron chi connectivity index (χ1n) is 4.88. The van der Waals surface area contributed by atoms with Gasteiger partial charge >= 0.3 is 5.97 Å². The second kappa shape index (κ2) is 4.61. The molecule has 0 radical (unpaired) electrons. The molecule has 4 nitrogen and oxygen atoms in total. The summed E-state index contributed by atoms with van der Waals surface area (Å²) in [6.07, 6.45) is 3.51. The lowest BCUT2D eigenvalue weighted by atomic mass is 10.1. The highest BCUT2D eigenvalue weighted by molar-refractivity contribution is 7.99. The van der Waals surface area contributed by atoms with E-state index in [9.17, 15) is 4.79 Å². The van der Waals surface area contributed by atoms with Gasteiger partial charge < -0.3 is 5.11 Å². The zero-order chi connectivity index (χ0) is 10.7. The quantitative estimate of drug-likeness (QED) is 0.842. The molecule has 1 aliphatic rings. The van der Waals surface area contributed by atoms with E-state index in [2.05, 4.69) is 9.97 Å². The predicted molar refractivity (Wildman–Crippen MR) is 58.1 cm³/mol. The molecule has 1 aromatic heterocycles. The summed E-state index contributed by atoms with van der Waals surface area (Å²) in [7, 11) is 0. The van der Waals surface area contributed by atoms with Gasteiger partial charge in [-0.3, -0.25) is 0 Å². The van der Waals surface area contributed by atoms with Crippen LogP contribution >= 0.6 is 11.8 Å². The lowest BCUT2D eigenvalue weighted by molar-refractivity contribution is 0.0690. The third-order valence-electron chi connectivity index (χ3n) is 2.42. The van der Waals surface area contributed by atoms with Crippen molar-refractivity contribution < 1.29 is 9.90 Å². The summed E-state index contributed by atoms with van der Waals surface area (Å²) in [5.74, 6) is 2.62. The predicted octanol–water partition coefficient (Wildman–Crippen LogP) is 1.47. The molecule has 2 heterocycles. The van der Waals surface area contributed by atoms with Crippen LogP contribution in [0.2, 0.25) is 0 Å². The Kier molecular flexibility index (Phi) is 3.20. The molecule has 2 rings (SSSR count). The van der Waals surface area contributed by atoms with Gasteiger partial charge in [0.25, 0.3) is 0 Å². The molecule has 15 heavy (non-hydrogen) atoms. The molecule has 0 spiro atoms. The second-order valence-corrected chi connectivity index (χ2v) is 4.75. The minimum atomic E-state index is -0.987. The van der Waals surface area contributed by atoms with Gasteiger partial charge in [0, 0.05) is 12.6 Å². The van der Waals surface area contributed by atoms with E-state index < -0.39 is 5.97 Å². The molecular formula is C10H12N2O2S. The van der Waals surface area contributed by atoms with E-state index in [-0.39, 0.29) is 5.69 Å². The zero-order valence-corrected chi connectivity index (χ0v) is 9.04. The van der Waals surface area contributed by atoms with Crippen molar-refractivity contribution in [3.05, 3.63) is 23.8 Å². The van der Waals surface area contributed by atoms with Gasteiger partial charge in [-0.2, -0.15) is 11.8 Å². The molecule has 1 atom stereocenters. The first-order valence-corrected chi connectivity index (χ1v) is 6.04. The number of aromatic nitrogens is 2. The number of carbonyl (C=O) groups is 1. The van der Waals surface area contributed by atoms with E-state index in [4.69, 9.17) is 5.11 Å². The Hall–Kier alpha value is -1.10. The Bertz CT molecular complexity index is 364. The monoisotopic (exact) mass is 224 g/mol. The van der Waals surface area contributed by atoms with Crippen LogP contribution in [0.25, 0.3) is 0 Å². The summed E-state index contributed by atoms with van der Waals surface area (Å²) in [5, 5.41) is 8.78. The van der Waals surface area contributed by atoms with E-state index >= 15 is 0 Å². The van der Waals surface area contributed by atoms with Gasteiger partial charge in [-0.05, 0) is 29.9 Å². The summed E-state index contributed by atoms with van der Waals surface area (Å²) in [6.45, 7) is 0. The molecule has 0 aliphatic carbocycles. The summed E-state index contributed by atoms with van der Waals surface area (Å²) in [5.41, 5.74) is 0.0886. The highest BCUT2D eigenvalue weighted by atomic mass is 32.2. The normalized spacial score (nSPS) is 20.4. The minimum Gasteiger partial charge on any atom is -0.477 e. The standard InChI is InChI=1S/C10H12N2O2S/c13-10(14)8-1-3-11-9(12-8)5-7-2-4-15-6-7/h1,3,7H,2,4-6H2,(H,13,14). The van der Waals surface area contributed by atoms with E-state index in [1.54, 1.807) is 0 Å². The fourth-order valence-corrected chi connectivity index (χ4v) is 2.90. The Labute approximate surface area is 92.1 Å². The molecule has 1 aromatic rings. The average Bonchev–Trinajstić information content (AvgIpc) is 2.71. The second-order valence-electron chi connectivity index (χ2n) is 3.60. The minimum absolute atomic E-state index is 0.0886. The van der Waals surface area contributed by atoms with Gasteiger partial charge in [0.05, 0.1) is 0 Å². The topological polar surface area (TPSA) is 63.1 Å². The largest absolute Gasteiger partial charge is 0.477 e. The Balaban J connectivity index is 2.07. The van der Waals surface area contributed by atoms with E-state index in [1.165, 1.54) is 24.4 Å². The van der Waals surface area contributed by atoms with Gasteiger partial charge in [0.15, 0.2) is 5.69 Å². The van der Waals surface area contributed by atoms with Crippen molar-refractivity contribution in [2.75, 3.05) is 11.5 Å². The van der Waals surface area contributed by atoms with Crippen LogP contribution in [0.4, 0.5) is 0 Å². The Morgan fingerprint density at radius 1 is 1.67 bits per heavy atom. The van der Waals surface area contributed by atoms with Crippen molar-refractivity contribution in [3.8, 4) is 0 Å². The number of hydrogen-bond acceptors (Lipinski definition) is 4. The van der Waals surface area contributed by atoms with Crippen LogP contribution in [0.15, 0.2) is 12.3 Å². The number of nitrogens with zero attached hydrogens (tertiary/aromatic N) is 2. The molecule has 1 aliphatic heterocycles. The van der Waals surface area contributed by atoms with Crippen LogP contribution < -0.4 is 0 Å². The molecule has 1 N–H and O–H groups in total. The highest BCUT2D eigenvalue weighted by Crippen LogP contribution is 2.25. The maximum Gasteiger partial charge on any atom is 0.354 e. The fourth-order valence-electron chi connectivity index (χ4n) is 1.62. The van der Waals surface area contributed by atoms with Gasteiger partial charge in [-0.1, -0.05) is 0 Å². The molecule has 80 valence electrons. The van der Waals surface area contributed by atoms with Gasteiger partial charge in [0.1, 0.15) is 5.82 Å². The van der Waals surface area contributed by atoms with Crippen LogP contribution in [0.5, 0.6) is 0 Å². The smallest absolute Gasteiger partial charge is 0.354 e. The maximum atomic E-state index is 10.7. The lowest BCUT2D eigenvalue weighted by Crippen LogP contribution is -2.09. The van der Waals surface area contributed by atoms with Crippen molar-refractivity contribution in [1.82, 2.24) is 9.97 Å². The summed E-state index contributed by atoms with van der Waals surface area (Å²) >= 11 is 1.94. The number of carboxylic acids is 1. The first-order chi connectivity index (χ1) is 7.25.